The molecule has 4 nitrogen and oxygen atoms in total. The molecule has 1 aromatic rings. The molecule has 0 aromatic heterocycles. The first-order valence-corrected chi connectivity index (χ1v) is 5.73. The maximum absolute atomic E-state index is 10.6. The predicted octanol–water partition coefficient (Wildman–Crippen LogP) is 2.06. The third-order valence-corrected chi connectivity index (χ3v) is 2.73. The molecule has 0 bridgehead atoms. The van der Waals surface area contributed by atoms with E-state index in [9.17, 15) is 9.90 Å². The number of hydrogen-bond donors (Lipinski definition) is 2. The number of likely N-dealkylation sites (N-methyl/N-ethyl adjacent to an activating group) is 1. The summed E-state index contributed by atoms with van der Waals surface area (Å²) < 4.78 is 0.867. The van der Waals surface area contributed by atoms with Crippen molar-refractivity contribution >= 4 is 21.9 Å². The molecule has 0 unspecified atom stereocenters. The lowest BCUT2D eigenvalue weighted by atomic mass is 10.2. The van der Waals surface area contributed by atoms with Gasteiger partial charge < -0.3 is 10.2 Å². The largest absolute Gasteiger partial charge is 0.508 e. The number of phenolic OH excluding ortho intramolecular Hbond substituents is 1. The minimum Gasteiger partial charge on any atom is -0.508 e. The van der Waals surface area contributed by atoms with Gasteiger partial charge in [0.2, 0.25) is 0 Å². The van der Waals surface area contributed by atoms with Crippen LogP contribution in [-0.4, -0.2) is 34.2 Å². The molecular formula is C11H14BrNO3. The summed E-state index contributed by atoms with van der Waals surface area (Å²) in [5.74, 6) is -0.677. The Bertz CT molecular complexity index is 381. The molecule has 0 fully saturated rings. The zero-order chi connectivity index (χ0) is 12.1. The van der Waals surface area contributed by atoms with Crippen molar-refractivity contribution in [2.45, 2.75) is 13.5 Å². The lowest BCUT2D eigenvalue weighted by Crippen LogP contribution is -2.29. The van der Waals surface area contributed by atoms with Crippen LogP contribution in [0.3, 0.4) is 0 Å². The Labute approximate surface area is 103 Å². The number of aliphatic carboxylic acids is 1. The standard InChI is InChI=1S/C11H14BrNO3/c1-2-13(7-11(15)16)6-8-5-9(12)3-4-10(8)14/h3-5,14H,2,6-7H2,1H3,(H,15,16). The molecule has 0 aliphatic carbocycles. The average molecular weight is 288 g/mol. The lowest BCUT2D eigenvalue weighted by Gasteiger charge is -2.18. The van der Waals surface area contributed by atoms with E-state index in [0.717, 1.165) is 10.0 Å². The van der Waals surface area contributed by atoms with Gasteiger partial charge in [0, 0.05) is 16.6 Å². The quantitative estimate of drug-likeness (QED) is 0.870. The molecule has 0 radical (unpaired) electrons. The van der Waals surface area contributed by atoms with Crippen molar-refractivity contribution in [1.82, 2.24) is 4.90 Å². The highest BCUT2D eigenvalue weighted by Gasteiger charge is 2.10. The summed E-state index contributed by atoms with van der Waals surface area (Å²) >= 11 is 3.31. The van der Waals surface area contributed by atoms with Crippen molar-refractivity contribution < 1.29 is 15.0 Å². The van der Waals surface area contributed by atoms with E-state index in [4.69, 9.17) is 5.11 Å². The first-order chi connectivity index (χ1) is 7.52. The summed E-state index contributed by atoms with van der Waals surface area (Å²) in [6, 6.07) is 5.13. The summed E-state index contributed by atoms with van der Waals surface area (Å²) in [5.41, 5.74) is 0.720. The van der Waals surface area contributed by atoms with Gasteiger partial charge in [-0.3, -0.25) is 9.69 Å². The maximum atomic E-state index is 10.6. The molecular weight excluding hydrogens is 274 g/mol. The van der Waals surface area contributed by atoms with Gasteiger partial charge in [-0.05, 0) is 24.7 Å². The number of phenols is 1. The number of nitrogens with zero attached hydrogens (tertiary/aromatic N) is 1. The number of carboxylic acids is 1. The van der Waals surface area contributed by atoms with Crippen LogP contribution in [0.1, 0.15) is 12.5 Å². The number of aromatic hydroxyl groups is 1. The molecule has 0 aliphatic rings. The van der Waals surface area contributed by atoms with E-state index in [1.54, 1.807) is 23.1 Å². The second kappa shape index (κ2) is 5.86. The Kier molecular flexibility index (Phi) is 4.76. The second-order valence-electron chi connectivity index (χ2n) is 3.47. The molecule has 0 atom stereocenters. The number of benzene rings is 1. The molecule has 88 valence electrons. The van der Waals surface area contributed by atoms with Crippen LogP contribution in [0.5, 0.6) is 5.75 Å². The van der Waals surface area contributed by atoms with E-state index >= 15 is 0 Å². The summed E-state index contributed by atoms with van der Waals surface area (Å²) in [6.45, 7) is 2.91. The molecule has 1 rings (SSSR count). The topological polar surface area (TPSA) is 60.8 Å². The fraction of sp³-hybridized carbons (Fsp3) is 0.364. The first kappa shape index (κ1) is 13.0. The van der Waals surface area contributed by atoms with Gasteiger partial charge in [-0.15, -0.1) is 0 Å². The third-order valence-electron chi connectivity index (χ3n) is 2.24. The Balaban J connectivity index is 2.77. The predicted molar refractivity (Wildman–Crippen MR) is 64.4 cm³/mol. The van der Waals surface area contributed by atoms with Crippen LogP contribution in [-0.2, 0) is 11.3 Å². The minimum atomic E-state index is -0.865. The van der Waals surface area contributed by atoms with Gasteiger partial charge in [0.15, 0.2) is 0 Å². The Morgan fingerprint density at radius 3 is 2.75 bits per heavy atom. The van der Waals surface area contributed by atoms with Gasteiger partial charge in [-0.2, -0.15) is 0 Å². The van der Waals surface area contributed by atoms with Crippen molar-refractivity contribution in [1.29, 1.82) is 0 Å². The average Bonchev–Trinajstić information content (AvgIpc) is 2.21. The van der Waals surface area contributed by atoms with Crippen LogP contribution < -0.4 is 0 Å². The Morgan fingerprint density at radius 2 is 2.19 bits per heavy atom. The van der Waals surface area contributed by atoms with Gasteiger partial charge in [0.25, 0.3) is 0 Å². The second-order valence-corrected chi connectivity index (χ2v) is 4.39. The SMILES string of the molecule is CCN(CC(=O)O)Cc1cc(Br)ccc1O. The number of hydrogen-bond acceptors (Lipinski definition) is 3. The number of rotatable bonds is 5. The maximum Gasteiger partial charge on any atom is 0.317 e. The summed E-state index contributed by atoms with van der Waals surface area (Å²) in [5, 5.41) is 18.3. The minimum absolute atomic E-state index is 0.0253. The Morgan fingerprint density at radius 1 is 1.50 bits per heavy atom. The highest BCUT2D eigenvalue weighted by atomic mass is 79.9. The molecule has 1 aromatic carbocycles. The van der Waals surface area contributed by atoms with Gasteiger partial charge in [0.1, 0.15) is 5.75 Å². The van der Waals surface area contributed by atoms with Crippen LogP contribution in [0.2, 0.25) is 0 Å². The van der Waals surface area contributed by atoms with E-state index in [-0.39, 0.29) is 12.3 Å². The first-order valence-electron chi connectivity index (χ1n) is 4.94. The molecule has 0 amide bonds. The highest BCUT2D eigenvalue weighted by molar-refractivity contribution is 9.10. The fourth-order valence-electron chi connectivity index (χ4n) is 1.39. The molecule has 0 aliphatic heterocycles. The van der Waals surface area contributed by atoms with Crippen LogP contribution >= 0.6 is 15.9 Å². The molecule has 0 heterocycles. The molecule has 0 saturated carbocycles. The van der Waals surface area contributed by atoms with Crippen molar-refractivity contribution in [3.05, 3.63) is 28.2 Å². The van der Waals surface area contributed by atoms with E-state index in [1.165, 1.54) is 0 Å². The monoisotopic (exact) mass is 287 g/mol. The molecule has 5 heteroatoms. The molecule has 0 saturated heterocycles. The van der Waals surface area contributed by atoms with Crippen LogP contribution in [0.15, 0.2) is 22.7 Å². The number of halogens is 1. The third kappa shape index (κ3) is 3.83. The normalized spacial score (nSPS) is 10.7. The fourth-order valence-corrected chi connectivity index (χ4v) is 1.80. The summed E-state index contributed by atoms with van der Waals surface area (Å²) in [6.07, 6.45) is 0. The molecule has 2 N–H and O–H groups in total. The highest BCUT2D eigenvalue weighted by Crippen LogP contribution is 2.23. The van der Waals surface area contributed by atoms with Gasteiger partial charge in [-0.1, -0.05) is 22.9 Å². The summed E-state index contributed by atoms with van der Waals surface area (Å²) in [4.78, 5) is 12.3. The van der Waals surface area contributed by atoms with E-state index in [1.807, 2.05) is 6.92 Å². The summed E-state index contributed by atoms with van der Waals surface area (Å²) in [7, 11) is 0. The van der Waals surface area contributed by atoms with E-state index in [2.05, 4.69) is 15.9 Å². The van der Waals surface area contributed by atoms with Crippen molar-refractivity contribution in [3.8, 4) is 5.75 Å². The number of carbonyl (C=O) groups is 1. The Hall–Kier alpha value is -1.07. The molecule has 16 heavy (non-hydrogen) atoms. The zero-order valence-electron chi connectivity index (χ0n) is 8.98. The van der Waals surface area contributed by atoms with E-state index < -0.39 is 5.97 Å². The van der Waals surface area contributed by atoms with E-state index in [0.29, 0.717) is 13.1 Å². The van der Waals surface area contributed by atoms with Gasteiger partial charge in [-0.25, -0.2) is 0 Å². The van der Waals surface area contributed by atoms with Crippen LogP contribution in [0.25, 0.3) is 0 Å². The smallest absolute Gasteiger partial charge is 0.317 e. The molecule has 0 spiro atoms. The van der Waals surface area contributed by atoms with Crippen LogP contribution in [0.4, 0.5) is 0 Å². The van der Waals surface area contributed by atoms with Gasteiger partial charge >= 0.3 is 5.97 Å². The number of carboxylic acid groups (broad SMARTS) is 1. The zero-order valence-corrected chi connectivity index (χ0v) is 10.6. The van der Waals surface area contributed by atoms with Gasteiger partial charge in [0.05, 0.1) is 6.54 Å². The van der Waals surface area contributed by atoms with Crippen molar-refractivity contribution in [2.75, 3.05) is 13.1 Å². The lowest BCUT2D eigenvalue weighted by molar-refractivity contribution is -0.138. The van der Waals surface area contributed by atoms with Crippen molar-refractivity contribution in [2.24, 2.45) is 0 Å². The van der Waals surface area contributed by atoms with Crippen molar-refractivity contribution in [3.63, 3.8) is 0 Å². The van der Waals surface area contributed by atoms with Crippen LogP contribution in [0, 0.1) is 0 Å².